The van der Waals surface area contributed by atoms with Gasteiger partial charge in [-0.1, -0.05) is 95.1 Å². The fraction of sp³-hybridized carbons (Fsp3) is 0.680. The molecule has 0 saturated carbocycles. The molecule has 1 heterocycles. The second kappa shape index (κ2) is 14.7. The lowest BCUT2D eigenvalue weighted by atomic mass is 10.1. The average molecular weight is 373 g/mol. The molecular formula is C25H40O2. The molecule has 0 bridgehead atoms. The lowest BCUT2D eigenvalue weighted by molar-refractivity contribution is 0.261. The third kappa shape index (κ3) is 11.2. The molecule has 1 aliphatic rings. The minimum atomic E-state index is 0.319. The summed E-state index contributed by atoms with van der Waals surface area (Å²) in [6, 6.07) is 8.40. The molecule has 0 amide bonds. The van der Waals surface area contributed by atoms with Crippen molar-refractivity contribution in [3.63, 3.8) is 0 Å². The van der Waals surface area contributed by atoms with Crippen LogP contribution in [0.5, 0.6) is 5.75 Å². The van der Waals surface area contributed by atoms with Crippen LogP contribution in [0.2, 0.25) is 0 Å². The zero-order valence-electron chi connectivity index (χ0n) is 17.5. The van der Waals surface area contributed by atoms with Crippen molar-refractivity contribution in [2.45, 2.75) is 96.5 Å². The van der Waals surface area contributed by atoms with E-state index >= 15 is 0 Å². The van der Waals surface area contributed by atoms with Crippen LogP contribution in [0, 0.1) is 0 Å². The van der Waals surface area contributed by atoms with Crippen molar-refractivity contribution in [3.05, 3.63) is 42.0 Å². The standard InChI is InChI=1S/C25H40O2/c1-2-3-4-5-6-7-8-9-10-11-12-13-14-15-18-23-19-16-17-20-25(23)27-22-24-21-26-24/h13-14,16-17,19-20,24H,2-12,15,18,21-22H2,1H3/b14-13+. The average Bonchev–Trinajstić information content (AvgIpc) is 3.52. The molecule has 0 spiro atoms. The van der Waals surface area contributed by atoms with Crippen LogP contribution < -0.4 is 4.74 Å². The molecule has 2 nitrogen and oxygen atoms in total. The van der Waals surface area contributed by atoms with Crippen LogP contribution in [-0.4, -0.2) is 19.3 Å². The number of para-hydroxylation sites is 1. The largest absolute Gasteiger partial charge is 0.491 e. The molecule has 0 aromatic heterocycles. The maximum Gasteiger partial charge on any atom is 0.122 e. The summed E-state index contributed by atoms with van der Waals surface area (Å²) in [7, 11) is 0. The van der Waals surface area contributed by atoms with Gasteiger partial charge in [0.05, 0.1) is 6.61 Å². The van der Waals surface area contributed by atoms with Gasteiger partial charge in [0, 0.05) is 0 Å². The molecular weight excluding hydrogens is 332 g/mol. The molecule has 2 rings (SSSR count). The summed E-state index contributed by atoms with van der Waals surface area (Å²) in [5.74, 6) is 1.02. The number of epoxide rings is 1. The van der Waals surface area contributed by atoms with Gasteiger partial charge in [-0.05, 0) is 37.3 Å². The van der Waals surface area contributed by atoms with Crippen LogP contribution in [0.15, 0.2) is 36.4 Å². The normalized spacial score (nSPS) is 16.1. The van der Waals surface area contributed by atoms with E-state index < -0.39 is 0 Å². The van der Waals surface area contributed by atoms with E-state index in [9.17, 15) is 0 Å². The van der Waals surface area contributed by atoms with E-state index in [0.717, 1.165) is 25.2 Å². The van der Waals surface area contributed by atoms with Crippen molar-refractivity contribution in [2.75, 3.05) is 13.2 Å². The molecule has 0 radical (unpaired) electrons. The molecule has 1 fully saturated rings. The highest BCUT2D eigenvalue weighted by atomic mass is 16.6. The van der Waals surface area contributed by atoms with E-state index in [1.807, 2.05) is 6.07 Å². The summed E-state index contributed by atoms with van der Waals surface area (Å²) in [5, 5.41) is 0. The van der Waals surface area contributed by atoms with Gasteiger partial charge in [0.1, 0.15) is 18.5 Å². The molecule has 152 valence electrons. The van der Waals surface area contributed by atoms with E-state index in [0.29, 0.717) is 12.7 Å². The summed E-state index contributed by atoms with van der Waals surface area (Å²) in [6.45, 7) is 3.82. The smallest absolute Gasteiger partial charge is 0.122 e. The Hall–Kier alpha value is -1.28. The number of benzene rings is 1. The Kier molecular flexibility index (Phi) is 12.0. The van der Waals surface area contributed by atoms with E-state index in [-0.39, 0.29) is 0 Å². The zero-order valence-corrected chi connectivity index (χ0v) is 17.5. The van der Waals surface area contributed by atoms with Gasteiger partial charge in [0.15, 0.2) is 0 Å². The number of hydrogen-bond donors (Lipinski definition) is 0. The Balaban J connectivity index is 1.44. The van der Waals surface area contributed by atoms with Crippen LogP contribution >= 0.6 is 0 Å². The van der Waals surface area contributed by atoms with E-state index in [4.69, 9.17) is 9.47 Å². The highest BCUT2D eigenvalue weighted by Crippen LogP contribution is 2.21. The molecule has 1 atom stereocenters. The van der Waals surface area contributed by atoms with Crippen LogP contribution in [0.4, 0.5) is 0 Å². The molecule has 27 heavy (non-hydrogen) atoms. The van der Waals surface area contributed by atoms with Gasteiger partial charge in [-0.15, -0.1) is 0 Å². The summed E-state index contributed by atoms with van der Waals surface area (Å²) >= 11 is 0. The minimum absolute atomic E-state index is 0.319. The van der Waals surface area contributed by atoms with Crippen molar-refractivity contribution in [1.82, 2.24) is 0 Å². The fourth-order valence-electron chi connectivity index (χ4n) is 3.42. The first-order valence-electron chi connectivity index (χ1n) is 11.4. The van der Waals surface area contributed by atoms with Gasteiger partial charge in [-0.2, -0.15) is 0 Å². The molecule has 2 heteroatoms. The third-order valence-corrected chi connectivity index (χ3v) is 5.27. The predicted octanol–water partition coefficient (Wildman–Crippen LogP) is 7.26. The predicted molar refractivity (Wildman–Crippen MR) is 116 cm³/mol. The highest BCUT2D eigenvalue weighted by Gasteiger charge is 2.23. The highest BCUT2D eigenvalue weighted by molar-refractivity contribution is 5.33. The van der Waals surface area contributed by atoms with Gasteiger partial charge in [-0.25, -0.2) is 0 Å². The van der Waals surface area contributed by atoms with Crippen molar-refractivity contribution in [1.29, 1.82) is 0 Å². The van der Waals surface area contributed by atoms with Gasteiger partial charge >= 0.3 is 0 Å². The molecule has 1 saturated heterocycles. The second-order valence-corrected chi connectivity index (χ2v) is 7.85. The number of ether oxygens (including phenoxy) is 2. The fourth-order valence-corrected chi connectivity index (χ4v) is 3.42. The summed E-state index contributed by atoms with van der Waals surface area (Å²) in [5.41, 5.74) is 1.31. The van der Waals surface area contributed by atoms with Gasteiger partial charge in [-0.3, -0.25) is 0 Å². The molecule has 1 aromatic rings. The van der Waals surface area contributed by atoms with Crippen LogP contribution in [0.3, 0.4) is 0 Å². The maximum atomic E-state index is 5.88. The Morgan fingerprint density at radius 1 is 0.889 bits per heavy atom. The van der Waals surface area contributed by atoms with Gasteiger partial charge in [0.25, 0.3) is 0 Å². The van der Waals surface area contributed by atoms with Crippen LogP contribution in [0.25, 0.3) is 0 Å². The lowest BCUT2D eigenvalue weighted by Crippen LogP contribution is -2.05. The Labute approximate surface area is 167 Å². The molecule has 1 aliphatic heterocycles. The zero-order chi connectivity index (χ0) is 19.0. The van der Waals surface area contributed by atoms with Crippen LogP contribution in [-0.2, 0) is 11.2 Å². The summed E-state index contributed by atoms with van der Waals surface area (Å²) < 4.78 is 11.1. The Morgan fingerprint density at radius 3 is 2.22 bits per heavy atom. The number of aryl methyl sites for hydroxylation is 1. The van der Waals surface area contributed by atoms with E-state index in [1.54, 1.807) is 0 Å². The second-order valence-electron chi connectivity index (χ2n) is 7.85. The third-order valence-electron chi connectivity index (χ3n) is 5.27. The van der Waals surface area contributed by atoms with Crippen molar-refractivity contribution < 1.29 is 9.47 Å². The number of rotatable bonds is 17. The first-order valence-corrected chi connectivity index (χ1v) is 11.4. The van der Waals surface area contributed by atoms with E-state index in [2.05, 4.69) is 37.3 Å². The maximum absolute atomic E-state index is 5.88. The Morgan fingerprint density at radius 2 is 1.52 bits per heavy atom. The molecule has 0 N–H and O–H groups in total. The Bertz CT molecular complexity index is 505. The molecule has 1 unspecified atom stereocenters. The first-order chi connectivity index (χ1) is 13.4. The number of hydrogen-bond acceptors (Lipinski definition) is 2. The minimum Gasteiger partial charge on any atom is -0.491 e. The van der Waals surface area contributed by atoms with Crippen molar-refractivity contribution in [2.24, 2.45) is 0 Å². The number of unbranched alkanes of at least 4 members (excludes halogenated alkanes) is 10. The topological polar surface area (TPSA) is 21.8 Å². The molecule has 0 aliphatic carbocycles. The number of allylic oxidation sites excluding steroid dienone is 2. The van der Waals surface area contributed by atoms with Gasteiger partial charge in [0.2, 0.25) is 0 Å². The first kappa shape index (κ1) is 22.0. The lowest BCUT2D eigenvalue weighted by Gasteiger charge is -2.09. The summed E-state index contributed by atoms with van der Waals surface area (Å²) in [6.07, 6.45) is 22.5. The van der Waals surface area contributed by atoms with E-state index in [1.165, 1.54) is 76.2 Å². The quantitative estimate of drug-likeness (QED) is 0.163. The van der Waals surface area contributed by atoms with Crippen LogP contribution in [0.1, 0.15) is 89.5 Å². The van der Waals surface area contributed by atoms with Gasteiger partial charge < -0.3 is 9.47 Å². The SMILES string of the molecule is CCCCCCCCCCCC/C=C/CCc1ccccc1OCC1CO1. The molecule has 1 aromatic carbocycles. The van der Waals surface area contributed by atoms with Crippen molar-refractivity contribution in [3.8, 4) is 5.75 Å². The monoisotopic (exact) mass is 372 g/mol. The summed E-state index contributed by atoms with van der Waals surface area (Å²) in [4.78, 5) is 0. The van der Waals surface area contributed by atoms with Crippen molar-refractivity contribution >= 4 is 0 Å².